The maximum atomic E-state index is 12.6. The third-order valence-electron chi connectivity index (χ3n) is 6.01. The zero-order chi connectivity index (χ0) is 21.1. The van der Waals surface area contributed by atoms with E-state index in [0.29, 0.717) is 37.9 Å². The molecule has 1 atom stereocenters. The molecule has 1 unspecified atom stereocenters. The second-order valence-electron chi connectivity index (χ2n) is 8.15. The molecule has 30 heavy (non-hydrogen) atoms. The molecule has 0 spiro atoms. The van der Waals surface area contributed by atoms with Crippen LogP contribution < -0.4 is 15.4 Å². The standard InChI is InChI=1S/C21H29N7O2/c1-16-13-20(29)27(15-22-16)14-21(30)26-11-9-25(10-12-26)18-6-7-19(24-23-18)28-8-4-3-5-17(28)2/h6-7,13,15,17H,3-5,8-12,14H2,1-2H3. The summed E-state index contributed by atoms with van der Waals surface area (Å²) in [5.41, 5.74) is 0.451. The molecule has 4 rings (SSSR count). The van der Waals surface area contributed by atoms with Crippen molar-refractivity contribution in [3.63, 3.8) is 0 Å². The first-order valence-electron chi connectivity index (χ1n) is 10.7. The van der Waals surface area contributed by atoms with Gasteiger partial charge in [0, 0.05) is 50.5 Å². The van der Waals surface area contributed by atoms with Crippen molar-refractivity contribution in [1.82, 2.24) is 24.6 Å². The van der Waals surface area contributed by atoms with Gasteiger partial charge in [-0.25, -0.2) is 4.98 Å². The van der Waals surface area contributed by atoms with Gasteiger partial charge in [0.25, 0.3) is 5.56 Å². The quantitative estimate of drug-likeness (QED) is 0.744. The van der Waals surface area contributed by atoms with Crippen molar-refractivity contribution in [3.05, 3.63) is 40.6 Å². The van der Waals surface area contributed by atoms with Crippen molar-refractivity contribution in [2.45, 2.75) is 45.7 Å². The minimum atomic E-state index is -0.201. The zero-order valence-corrected chi connectivity index (χ0v) is 17.7. The SMILES string of the molecule is Cc1cc(=O)n(CC(=O)N2CCN(c3ccc(N4CCCCC4C)nn3)CC2)cn1. The number of aryl methyl sites for hydroxylation is 1. The maximum absolute atomic E-state index is 12.6. The lowest BCUT2D eigenvalue weighted by Crippen LogP contribution is -2.50. The molecule has 2 fully saturated rings. The van der Waals surface area contributed by atoms with E-state index in [4.69, 9.17) is 0 Å². The summed E-state index contributed by atoms with van der Waals surface area (Å²) in [6.45, 7) is 7.64. The van der Waals surface area contributed by atoms with E-state index in [1.807, 2.05) is 6.07 Å². The van der Waals surface area contributed by atoms with Crippen molar-refractivity contribution in [1.29, 1.82) is 0 Å². The van der Waals surface area contributed by atoms with Gasteiger partial charge in [0.2, 0.25) is 5.91 Å². The van der Waals surface area contributed by atoms with E-state index in [1.54, 1.807) is 11.8 Å². The number of carbonyl (C=O) groups is 1. The molecule has 2 aliphatic rings. The largest absolute Gasteiger partial charge is 0.352 e. The molecule has 0 aliphatic carbocycles. The van der Waals surface area contributed by atoms with Crippen LogP contribution in [-0.4, -0.2) is 69.3 Å². The minimum absolute atomic E-state index is 0.0225. The van der Waals surface area contributed by atoms with Crippen molar-refractivity contribution in [3.8, 4) is 0 Å². The lowest BCUT2D eigenvalue weighted by molar-refractivity contribution is -0.132. The Morgan fingerprint density at radius 1 is 1.07 bits per heavy atom. The number of aromatic nitrogens is 4. The number of amides is 1. The van der Waals surface area contributed by atoms with Gasteiger partial charge in [0.1, 0.15) is 6.54 Å². The summed E-state index contributed by atoms with van der Waals surface area (Å²) in [5, 5.41) is 8.91. The van der Waals surface area contributed by atoms with Gasteiger partial charge in [-0.15, -0.1) is 10.2 Å². The highest BCUT2D eigenvalue weighted by molar-refractivity contribution is 5.76. The number of hydrogen-bond donors (Lipinski definition) is 0. The molecule has 160 valence electrons. The van der Waals surface area contributed by atoms with Crippen LogP contribution in [0.25, 0.3) is 0 Å². The van der Waals surface area contributed by atoms with E-state index in [9.17, 15) is 9.59 Å². The van der Waals surface area contributed by atoms with E-state index in [2.05, 4.69) is 38.0 Å². The van der Waals surface area contributed by atoms with Crippen LogP contribution in [0.15, 0.2) is 29.3 Å². The first-order valence-corrected chi connectivity index (χ1v) is 10.7. The predicted molar refractivity (Wildman–Crippen MR) is 115 cm³/mol. The zero-order valence-electron chi connectivity index (χ0n) is 17.7. The summed E-state index contributed by atoms with van der Waals surface area (Å²) in [5.74, 6) is 1.72. The Balaban J connectivity index is 1.32. The molecule has 0 bridgehead atoms. The van der Waals surface area contributed by atoms with Gasteiger partial charge in [-0.2, -0.15) is 0 Å². The molecular formula is C21H29N7O2. The Kier molecular flexibility index (Phi) is 5.96. The highest BCUT2D eigenvalue weighted by atomic mass is 16.2. The molecule has 2 aliphatic heterocycles. The van der Waals surface area contributed by atoms with Gasteiger partial charge in [0.05, 0.1) is 6.33 Å². The fourth-order valence-electron chi connectivity index (χ4n) is 4.14. The average molecular weight is 412 g/mol. The molecule has 0 radical (unpaired) electrons. The van der Waals surface area contributed by atoms with Gasteiger partial charge >= 0.3 is 0 Å². The van der Waals surface area contributed by atoms with Crippen LogP contribution in [0.5, 0.6) is 0 Å². The molecule has 9 heteroatoms. The van der Waals surface area contributed by atoms with Crippen molar-refractivity contribution < 1.29 is 4.79 Å². The van der Waals surface area contributed by atoms with E-state index in [0.717, 1.165) is 18.2 Å². The highest BCUT2D eigenvalue weighted by Gasteiger charge is 2.24. The minimum Gasteiger partial charge on any atom is -0.352 e. The Morgan fingerprint density at radius 2 is 1.80 bits per heavy atom. The summed E-state index contributed by atoms with van der Waals surface area (Å²) < 4.78 is 1.35. The number of piperidine rings is 1. The number of nitrogens with zero attached hydrogens (tertiary/aromatic N) is 7. The first kappa shape index (κ1) is 20.3. The molecule has 1 amide bonds. The predicted octanol–water partition coefficient (Wildman–Crippen LogP) is 1.07. The summed E-state index contributed by atoms with van der Waals surface area (Å²) in [6, 6.07) is 6.03. The normalized spacial score (nSPS) is 19.8. The highest BCUT2D eigenvalue weighted by Crippen LogP contribution is 2.23. The molecule has 2 saturated heterocycles. The van der Waals surface area contributed by atoms with Crippen LogP contribution in [0, 0.1) is 6.92 Å². The second-order valence-corrected chi connectivity index (χ2v) is 8.15. The molecule has 4 heterocycles. The van der Waals surface area contributed by atoms with Crippen LogP contribution in [0.3, 0.4) is 0 Å². The van der Waals surface area contributed by atoms with E-state index >= 15 is 0 Å². The van der Waals surface area contributed by atoms with Crippen LogP contribution in [0.4, 0.5) is 11.6 Å². The molecule has 9 nitrogen and oxygen atoms in total. The van der Waals surface area contributed by atoms with Crippen molar-refractivity contribution >= 4 is 17.5 Å². The van der Waals surface area contributed by atoms with Crippen LogP contribution in [-0.2, 0) is 11.3 Å². The number of carbonyl (C=O) groups excluding carboxylic acids is 1. The average Bonchev–Trinajstić information content (AvgIpc) is 2.76. The maximum Gasteiger partial charge on any atom is 0.253 e. The smallest absolute Gasteiger partial charge is 0.253 e. The van der Waals surface area contributed by atoms with Crippen LogP contribution in [0.2, 0.25) is 0 Å². The van der Waals surface area contributed by atoms with E-state index in [-0.39, 0.29) is 18.0 Å². The second kappa shape index (κ2) is 8.81. The Bertz CT molecular complexity index is 935. The lowest BCUT2D eigenvalue weighted by atomic mass is 10.0. The van der Waals surface area contributed by atoms with E-state index < -0.39 is 0 Å². The van der Waals surface area contributed by atoms with Gasteiger partial charge in [-0.3, -0.25) is 14.2 Å². The third kappa shape index (κ3) is 4.44. The number of piperazine rings is 1. The Morgan fingerprint density at radius 3 is 2.47 bits per heavy atom. The monoisotopic (exact) mass is 411 g/mol. The Hall–Kier alpha value is -2.97. The molecular weight excluding hydrogens is 382 g/mol. The summed E-state index contributed by atoms with van der Waals surface area (Å²) in [7, 11) is 0. The van der Waals surface area contributed by atoms with Gasteiger partial charge in [0.15, 0.2) is 11.6 Å². The summed E-state index contributed by atoms with van der Waals surface area (Å²) in [6.07, 6.45) is 5.12. The molecule has 0 N–H and O–H groups in total. The number of anilines is 2. The van der Waals surface area contributed by atoms with E-state index in [1.165, 1.54) is 36.2 Å². The van der Waals surface area contributed by atoms with Crippen molar-refractivity contribution in [2.24, 2.45) is 0 Å². The van der Waals surface area contributed by atoms with Crippen molar-refractivity contribution in [2.75, 3.05) is 42.5 Å². The summed E-state index contributed by atoms with van der Waals surface area (Å²) >= 11 is 0. The topological polar surface area (TPSA) is 87.5 Å². The summed E-state index contributed by atoms with van der Waals surface area (Å²) in [4.78, 5) is 34.9. The van der Waals surface area contributed by atoms with Crippen LogP contribution in [0.1, 0.15) is 31.9 Å². The third-order valence-corrected chi connectivity index (χ3v) is 6.01. The first-order chi connectivity index (χ1) is 14.5. The van der Waals surface area contributed by atoms with Gasteiger partial charge < -0.3 is 14.7 Å². The fourth-order valence-corrected chi connectivity index (χ4v) is 4.14. The number of hydrogen-bond acceptors (Lipinski definition) is 7. The fraction of sp³-hybridized carbons (Fsp3) is 0.571. The lowest BCUT2D eigenvalue weighted by Gasteiger charge is -2.36. The van der Waals surface area contributed by atoms with Crippen LogP contribution >= 0.6 is 0 Å². The van der Waals surface area contributed by atoms with Gasteiger partial charge in [-0.05, 0) is 45.2 Å². The number of rotatable bonds is 4. The molecule has 2 aromatic heterocycles. The molecule has 0 saturated carbocycles. The Labute approximate surface area is 176 Å². The molecule has 2 aromatic rings. The molecule has 0 aromatic carbocycles. The van der Waals surface area contributed by atoms with Gasteiger partial charge in [-0.1, -0.05) is 0 Å².